The van der Waals surface area contributed by atoms with Crippen molar-refractivity contribution in [3.05, 3.63) is 88.6 Å². The van der Waals surface area contributed by atoms with E-state index in [1.807, 2.05) is 19.9 Å². The highest BCUT2D eigenvalue weighted by atomic mass is 79.9. The van der Waals surface area contributed by atoms with Crippen LogP contribution in [0.4, 0.5) is 19.0 Å². The Morgan fingerprint density at radius 3 is 2.54 bits per heavy atom. The van der Waals surface area contributed by atoms with Crippen LogP contribution in [0.1, 0.15) is 46.1 Å². The first kappa shape index (κ1) is 34.8. The van der Waals surface area contributed by atoms with Crippen molar-refractivity contribution in [2.24, 2.45) is 5.92 Å². The maximum absolute atomic E-state index is 15.2. The van der Waals surface area contributed by atoms with Crippen LogP contribution in [-0.2, 0) is 4.74 Å². The molecule has 1 aromatic heterocycles. The molecule has 0 aromatic carbocycles. The second-order valence-electron chi connectivity index (χ2n) is 7.30. The fourth-order valence-corrected chi connectivity index (χ4v) is 4.43. The monoisotopic (exact) mass is 601 g/mol. The van der Waals surface area contributed by atoms with Crippen molar-refractivity contribution in [1.29, 1.82) is 0 Å². The van der Waals surface area contributed by atoms with Crippen molar-refractivity contribution in [3.63, 3.8) is 0 Å². The fourth-order valence-electron chi connectivity index (χ4n) is 3.36. The minimum absolute atomic E-state index is 0.153. The van der Waals surface area contributed by atoms with Crippen LogP contribution in [0.15, 0.2) is 83.0 Å². The van der Waals surface area contributed by atoms with E-state index in [2.05, 4.69) is 50.7 Å². The summed E-state index contributed by atoms with van der Waals surface area (Å²) in [5.74, 6) is -1.12. The van der Waals surface area contributed by atoms with Gasteiger partial charge in [0, 0.05) is 41.2 Å². The Kier molecular flexibility index (Phi) is 17.8. The molecule has 1 aliphatic rings. The van der Waals surface area contributed by atoms with Crippen LogP contribution in [0.5, 0.6) is 0 Å². The normalized spacial score (nSPS) is 18.5. The Balaban J connectivity index is 0.00000308. The van der Waals surface area contributed by atoms with Gasteiger partial charge in [-0.25, -0.2) is 18.2 Å². The molecule has 0 saturated heterocycles. The molecule has 0 saturated carbocycles. The van der Waals surface area contributed by atoms with Crippen LogP contribution in [0.2, 0.25) is 0 Å². The van der Waals surface area contributed by atoms with Crippen LogP contribution in [0, 0.1) is 5.92 Å². The smallest absolute Gasteiger partial charge is 0.141 e. The second-order valence-corrected chi connectivity index (χ2v) is 9.10. The summed E-state index contributed by atoms with van der Waals surface area (Å²) < 4.78 is 53.1. The molecule has 0 aliphatic heterocycles. The number of aromatic nitrogens is 1. The summed E-state index contributed by atoms with van der Waals surface area (Å²) in [7, 11) is 3.17. The Hall–Kier alpha value is -2.23. The molecule has 3 unspecified atom stereocenters. The molecular weight excluding hydrogens is 563 g/mol. The molecular formula is C28H39BrF3N3OS. The quantitative estimate of drug-likeness (QED) is 0.159. The van der Waals surface area contributed by atoms with Crippen LogP contribution in [0.25, 0.3) is 5.57 Å². The molecule has 0 amide bonds. The summed E-state index contributed by atoms with van der Waals surface area (Å²) in [4.78, 5) is 4.90. The van der Waals surface area contributed by atoms with E-state index in [1.54, 1.807) is 33.2 Å². The summed E-state index contributed by atoms with van der Waals surface area (Å²) in [5, 5.41) is 2.98. The van der Waals surface area contributed by atoms with Gasteiger partial charge in [-0.2, -0.15) is 0 Å². The molecule has 0 spiro atoms. The number of allylic oxidation sites excluding steroid dienone is 6. The maximum Gasteiger partial charge on any atom is 0.141 e. The van der Waals surface area contributed by atoms with Crippen molar-refractivity contribution in [3.8, 4) is 0 Å². The molecule has 9 heteroatoms. The average Bonchev–Trinajstić information content (AvgIpc) is 3.06. The van der Waals surface area contributed by atoms with E-state index in [9.17, 15) is 4.39 Å². The van der Waals surface area contributed by atoms with E-state index >= 15 is 8.78 Å². The molecule has 1 aliphatic carbocycles. The van der Waals surface area contributed by atoms with Gasteiger partial charge in [0.25, 0.3) is 0 Å². The molecule has 206 valence electrons. The van der Waals surface area contributed by atoms with Gasteiger partial charge >= 0.3 is 0 Å². The van der Waals surface area contributed by atoms with Gasteiger partial charge in [0.1, 0.15) is 23.6 Å². The zero-order valence-electron chi connectivity index (χ0n) is 22.5. The van der Waals surface area contributed by atoms with Gasteiger partial charge in [-0.15, -0.1) is 13.2 Å². The molecule has 2 N–H and O–H groups in total. The van der Waals surface area contributed by atoms with Crippen molar-refractivity contribution in [2.45, 2.75) is 52.8 Å². The van der Waals surface area contributed by atoms with Crippen LogP contribution >= 0.6 is 27.9 Å². The van der Waals surface area contributed by atoms with E-state index in [0.29, 0.717) is 21.9 Å². The third-order valence-corrected chi connectivity index (χ3v) is 6.54. The molecule has 1 heterocycles. The highest BCUT2D eigenvalue weighted by molar-refractivity contribution is 9.10. The van der Waals surface area contributed by atoms with Crippen molar-refractivity contribution < 1.29 is 17.9 Å². The minimum Gasteiger partial charge on any atom is -0.376 e. The van der Waals surface area contributed by atoms with E-state index in [4.69, 9.17) is 4.74 Å². The first-order valence-corrected chi connectivity index (χ1v) is 13.6. The summed E-state index contributed by atoms with van der Waals surface area (Å²) >= 11 is 4.46. The Bertz CT molecular complexity index is 995. The molecule has 4 nitrogen and oxygen atoms in total. The lowest BCUT2D eigenvalue weighted by Crippen LogP contribution is -2.29. The Morgan fingerprint density at radius 1 is 1.35 bits per heavy atom. The van der Waals surface area contributed by atoms with Gasteiger partial charge in [0.2, 0.25) is 0 Å². The lowest BCUT2D eigenvalue weighted by molar-refractivity contribution is 0.0891. The molecule has 37 heavy (non-hydrogen) atoms. The first-order chi connectivity index (χ1) is 17.7. The first-order valence-electron chi connectivity index (χ1n) is 12.0. The molecule has 0 fully saturated rings. The van der Waals surface area contributed by atoms with Gasteiger partial charge in [0.05, 0.1) is 11.8 Å². The number of alkyl halides is 1. The number of pyridine rings is 1. The zero-order chi connectivity index (χ0) is 28.5. The Labute approximate surface area is 233 Å². The molecule has 3 atom stereocenters. The number of hydrogen-bond acceptors (Lipinski definition) is 5. The number of nitrogens with one attached hydrogen (secondary N) is 2. The van der Waals surface area contributed by atoms with Gasteiger partial charge in [-0.1, -0.05) is 33.4 Å². The van der Waals surface area contributed by atoms with Gasteiger partial charge in [-0.05, 0) is 77.5 Å². The maximum atomic E-state index is 15.2. The number of halogens is 4. The molecule has 1 aromatic rings. The number of nitrogens with zero attached hydrogens (tertiary/aromatic N) is 1. The van der Waals surface area contributed by atoms with Crippen LogP contribution < -0.4 is 10.0 Å². The highest BCUT2D eigenvalue weighted by Crippen LogP contribution is 2.38. The lowest BCUT2D eigenvalue weighted by Gasteiger charge is -2.28. The van der Waals surface area contributed by atoms with Gasteiger partial charge < -0.3 is 14.8 Å². The highest BCUT2D eigenvalue weighted by Gasteiger charge is 2.34. The van der Waals surface area contributed by atoms with Gasteiger partial charge in [-0.3, -0.25) is 0 Å². The summed E-state index contributed by atoms with van der Waals surface area (Å²) in [6.45, 7) is 17.6. The average molecular weight is 603 g/mol. The predicted molar refractivity (Wildman–Crippen MR) is 158 cm³/mol. The lowest BCUT2D eigenvalue weighted by atomic mass is 9.87. The zero-order valence-corrected chi connectivity index (χ0v) is 24.9. The van der Waals surface area contributed by atoms with Crippen LogP contribution in [0.3, 0.4) is 0 Å². The summed E-state index contributed by atoms with van der Waals surface area (Å²) in [5.41, 5.74) is 1.33. The largest absolute Gasteiger partial charge is 0.376 e. The number of methoxy groups -OCH3 is 1. The predicted octanol–water partition coefficient (Wildman–Crippen LogP) is 9.24. The van der Waals surface area contributed by atoms with Crippen molar-refractivity contribution in [1.82, 2.24) is 9.71 Å². The van der Waals surface area contributed by atoms with E-state index < -0.39 is 24.0 Å². The molecule has 0 bridgehead atoms. The summed E-state index contributed by atoms with van der Waals surface area (Å²) in [6, 6.07) is 1.81. The number of anilines is 1. The fraction of sp³-hybridized carbons (Fsp3) is 0.393. The molecule has 2 rings (SSSR count). The number of ether oxygens (including phenoxy) is 1. The summed E-state index contributed by atoms with van der Waals surface area (Å²) in [6.07, 6.45) is 5.17. The number of rotatable bonds is 10. The SMILES string of the molecule is C=C.C=C(c1cc(Br)cnc1NC)C(OC)C1CC(F)C(NSC(/C=C(/F)CC)=C/C)=CC=C1F.CC. The van der Waals surface area contributed by atoms with Crippen LogP contribution in [-0.4, -0.2) is 31.4 Å². The van der Waals surface area contributed by atoms with E-state index in [0.717, 1.165) is 16.4 Å². The third-order valence-electron chi connectivity index (χ3n) is 5.18. The van der Waals surface area contributed by atoms with E-state index in [1.165, 1.54) is 25.3 Å². The standard InChI is InChI=1S/C24H29BrF3N3OS.C2H6.C2H4/c1-6-16(26)11-17(7-2)33-31-22-9-8-20(27)19(12-21(22)28)23(32-5)14(3)18-10-15(25)13-30-24(18)29-4;2*1-2/h7-11,13,19,21,23,31H,3,6,12H2,1-2,4-5H3,(H,29,30);1-2H3;1-2H2/b16-11+,17-7+;;. The minimum atomic E-state index is -1.49. The second kappa shape index (κ2) is 18.9. The van der Waals surface area contributed by atoms with Gasteiger partial charge in [0.15, 0.2) is 0 Å². The Morgan fingerprint density at radius 2 is 2.00 bits per heavy atom. The molecule has 0 radical (unpaired) electrons. The number of hydrogen-bond donors (Lipinski definition) is 2. The third kappa shape index (κ3) is 10.6. The van der Waals surface area contributed by atoms with Crippen molar-refractivity contribution >= 4 is 39.3 Å². The topological polar surface area (TPSA) is 46.2 Å². The van der Waals surface area contributed by atoms with E-state index in [-0.39, 0.29) is 24.4 Å². The van der Waals surface area contributed by atoms with Crippen molar-refractivity contribution in [2.75, 3.05) is 19.5 Å².